The number of aromatic nitrogens is 4. The van der Waals surface area contributed by atoms with Crippen molar-refractivity contribution in [3.8, 4) is 5.75 Å². The van der Waals surface area contributed by atoms with E-state index in [0.29, 0.717) is 12.5 Å². The standard InChI is InChI=1S/C19H24N6O2S2.3ClH/c1-25(2)10-17-23-15(13-29-17)12-28-7-6-21-19-22-9-16(18(26)24-19)27-11-14-4-3-5-20-8-14;;;/h3-5,8-9,13H,6-7,10-12H2,1-2H3,(H2,21,22,24,26);3*1H. The van der Waals surface area contributed by atoms with E-state index in [0.717, 1.165) is 34.3 Å². The molecule has 0 aliphatic carbocycles. The van der Waals surface area contributed by atoms with Crippen LogP contribution >= 0.6 is 60.3 Å². The second-order valence-electron chi connectivity index (χ2n) is 6.52. The van der Waals surface area contributed by atoms with Crippen molar-refractivity contribution < 1.29 is 4.74 Å². The Labute approximate surface area is 214 Å². The number of ether oxygens (including phenoxy) is 1. The summed E-state index contributed by atoms with van der Waals surface area (Å²) in [5, 5.41) is 6.38. The van der Waals surface area contributed by atoms with Gasteiger partial charge in [-0.25, -0.2) is 9.97 Å². The molecule has 178 valence electrons. The number of rotatable bonds is 11. The van der Waals surface area contributed by atoms with E-state index in [1.807, 2.05) is 26.2 Å². The van der Waals surface area contributed by atoms with E-state index in [1.165, 1.54) is 6.20 Å². The zero-order valence-electron chi connectivity index (χ0n) is 17.6. The number of hydrogen-bond donors (Lipinski definition) is 2. The number of pyridine rings is 1. The average Bonchev–Trinajstić information content (AvgIpc) is 3.14. The molecule has 0 saturated carbocycles. The number of thioether (sulfide) groups is 1. The highest BCUT2D eigenvalue weighted by atomic mass is 35.5. The molecule has 0 saturated heterocycles. The molecule has 3 rings (SSSR count). The lowest BCUT2D eigenvalue weighted by Crippen LogP contribution is -2.16. The highest BCUT2D eigenvalue weighted by Gasteiger charge is 2.05. The maximum Gasteiger partial charge on any atom is 0.294 e. The second kappa shape index (κ2) is 16.1. The van der Waals surface area contributed by atoms with Crippen molar-refractivity contribution in [2.45, 2.75) is 18.9 Å². The van der Waals surface area contributed by atoms with Crippen LogP contribution in [0.5, 0.6) is 5.75 Å². The second-order valence-corrected chi connectivity index (χ2v) is 8.57. The SMILES string of the molecule is CN(C)Cc1nc(CSCCNc2ncc(OCc3cccnc3)c(=O)[nH]2)cs1.Cl.Cl.Cl. The van der Waals surface area contributed by atoms with E-state index in [1.54, 1.807) is 35.5 Å². The molecule has 0 radical (unpaired) electrons. The normalized spacial score (nSPS) is 9.97. The Balaban J connectivity index is 0.00000320. The lowest BCUT2D eigenvalue weighted by Gasteiger charge is -2.07. The van der Waals surface area contributed by atoms with Gasteiger partial charge in [-0.15, -0.1) is 48.6 Å². The molecule has 0 aromatic carbocycles. The first-order valence-corrected chi connectivity index (χ1v) is 11.1. The van der Waals surface area contributed by atoms with E-state index in [-0.39, 0.29) is 55.1 Å². The third-order valence-electron chi connectivity index (χ3n) is 3.72. The van der Waals surface area contributed by atoms with Crippen molar-refractivity contribution in [1.82, 2.24) is 24.8 Å². The predicted molar refractivity (Wildman–Crippen MR) is 139 cm³/mol. The number of nitrogens with one attached hydrogen (secondary N) is 2. The Hall–Kier alpha value is -1.56. The molecule has 0 spiro atoms. The maximum absolute atomic E-state index is 12.1. The quantitative estimate of drug-likeness (QED) is 0.353. The first kappa shape index (κ1) is 30.4. The molecule has 3 aromatic rings. The molecule has 0 amide bonds. The van der Waals surface area contributed by atoms with Gasteiger partial charge in [-0.3, -0.25) is 14.8 Å². The number of halogens is 3. The fraction of sp³-hybridized carbons (Fsp3) is 0.368. The van der Waals surface area contributed by atoms with Gasteiger partial charge in [0.2, 0.25) is 11.7 Å². The van der Waals surface area contributed by atoms with Crippen LogP contribution in [0.2, 0.25) is 0 Å². The molecule has 2 N–H and O–H groups in total. The Morgan fingerprint density at radius 2 is 2.06 bits per heavy atom. The molecule has 0 bridgehead atoms. The summed E-state index contributed by atoms with van der Waals surface area (Å²) in [6, 6.07) is 3.71. The first-order valence-electron chi connectivity index (χ1n) is 9.11. The Morgan fingerprint density at radius 3 is 2.75 bits per heavy atom. The van der Waals surface area contributed by atoms with Crippen molar-refractivity contribution in [3.63, 3.8) is 0 Å². The number of nitrogens with zero attached hydrogens (tertiary/aromatic N) is 4. The Morgan fingerprint density at radius 1 is 1.25 bits per heavy atom. The van der Waals surface area contributed by atoms with Gasteiger partial charge in [-0.2, -0.15) is 11.8 Å². The smallest absolute Gasteiger partial charge is 0.294 e. The van der Waals surface area contributed by atoms with Gasteiger partial charge in [-0.1, -0.05) is 6.07 Å². The minimum Gasteiger partial charge on any atom is -0.482 e. The van der Waals surface area contributed by atoms with Crippen LogP contribution in [0.15, 0.2) is 40.9 Å². The van der Waals surface area contributed by atoms with Gasteiger partial charge in [0.1, 0.15) is 11.6 Å². The molecule has 0 aliphatic rings. The topological polar surface area (TPSA) is 96.0 Å². The number of H-pyrrole nitrogens is 1. The summed E-state index contributed by atoms with van der Waals surface area (Å²) in [4.78, 5) is 29.8. The van der Waals surface area contributed by atoms with E-state index in [4.69, 9.17) is 4.74 Å². The molecule has 0 atom stereocenters. The van der Waals surface area contributed by atoms with Crippen LogP contribution in [0, 0.1) is 0 Å². The minimum atomic E-state index is -0.310. The molecule has 32 heavy (non-hydrogen) atoms. The molecular formula is C19H27Cl3N6O2S2. The maximum atomic E-state index is 12.1. The fourth-order valence-electron chi connectivity index (χ4n) is 2.40. The zero-order chi connectivity index (χ0) is 20.5. The summed E-state index contributed by atoms with van der Waals surface area (Å²) in [6.07, 6.45) is 4.83. The third kappa shape index (κ3) is 10.4. The largest absolute Gasteiger partial charge is 0.482 e. The molecule has 0 unspecified atom stereocenters. The minimum absolute atomic E-state index is 0. The summed E-state index contributed by atoms with van der Waals surface area (Å²) < 4.78 is 5.51. The van der Waals surface area contributed by atoms with Crippen LogP contribution in [-0.4, -0.2) is 51.2 Å². The highest BCUT2D eigenvalue weighted by molar-refractivity contribution is 7.98. The van der Waals surface area contributed by atoms with Crippen LogP contribution in [0.25, 0.3) is 0 Å². The van der Waals surface area contributed by atoms with Crippen molar-refractivity contribution in [2.75, 3.05) is 31.7 Å². The molecule has 3 heterocycles. The van der Waals surface area contributed by atoms with Crippen LogP contribution in [0.4, 0.5) is 5.95 Å². The molecule has 8 nitrogen and oxygen atoms in total. The molecule has 0 fully saturated rings. The first-order chi connectivity index (χ1) is 14.1. The molecular weight excluding hydrogens is 515 g/mol. The van der Waals surface area contributed by atoms with E-state index in [9.17, 15) is 4.79 Å². The van der Waals surface area contributed by atoms with Crippen LogP contribution in [0.1, 0.15) is 16.3 Å². The number of hydrogen-bond acceptors (Lipinski definition) is 9. The lowest BCUT2D eigenvalue weighted by atomic mass is 10.3. The van der Waals surface area contributed by atoms with Crippen molar-refractivity contribution >= 4 is 66.3 Å². The van der Waals surface area contributed by atoms with Crippen molar-refractivity contribution in [3.05, 3.63) is 62.7 Å². The molecule has 3 aromatic heterocycles. The van der Waals surface area contributed by atoms with Crippen LogP contribution in [0.3, 0.4) is 0 Å². The van der Waals surface area contributed by atoms with Gasteiger partial charge in [-0.05, 0) is 20.2 Å². The van der Waals surface area contributed by atoms with Crippen molar-refractivity contribution in [1.29, 1.82) is 0 Å². The average molecular weight is 542 g/mol. The van der Waals surface area contributed by atoms with E-state index in [2.05, 4.69) is 35.5 Å². The van der Waals surface area contributed by atoms with Crippen LogP contribution in [-0.2, 0) is 18.9 Å². The highest BCUT2D eigenvalue weighted by Crippen LogP contribution is 2.16. The van der Waals surface area contributed by atoms with Gasteiger partial charge in [0.25, 0.3) is 5.56 Å². The number of thiazole rings is 1. The lowest BCUT2D eigenvalue weighted by molar-refractivity contribution is 0.300. The van der Waals surface area contributed by atoms with Gasteiger partial charge in [0, 0.05) is 47.9 Å². The van der Waals surface area contributed by atoms with E-state index >= 15 is 0 Å². The monoisotopic (exact) mass is 540 g/mol. The zero-order valence-corrected chi connectivity index (χ0v) is 21.7. The Kier molecular flexibility index (Phi) is 15.3. The summed E-state index contributed by atoms with van der Waals surface area (Å²) >= 11 is 3.49. The van der Waals surface area contributed by atoms with Gasteiger partial charge < -0.3 is 15.0 Å². The molecule has 13 heteroatoms. The van der Waals surface area contributed by atoms with Gasteiger partial charge in [0.15, 0.2) is 0 Å². The van der Waals surface area contributed by atoms with Gasteiger partial charge in [0.05, 0.1) is 11.9 Å². The van der Waals surface area contributed by atoms with E-state index < -0.39 is 0 Å². The summed E-state index contributed by atoms with van der Waals surface area (Å²) in [5.41, 5.74) is 1.69. The Bertz CT molecular complexity index is 959. The van der Waals surface area contributed by atoms with Gasteiger partial charge >= 0.3 is 0 Å². The summed E-state index contributed by atoms with van der Waals surface area (Å²) in [5.74, 6) is 2.37. The van der Waals surface area contributed by atoms with Crippen molar-refractivity contribution in [2.24, 2.45) is 0 Å². The summed E-state index contributed by atoms with van der Waals surface area (Å²) in [7, 11) is 4.08. The summed E-state index contributed by atoms with van der Waals surface area (Å²) in [6.45, 7) is 1.84. The third-order valence-corrected chi connectivity index (χ3v) is 5.60. The number of anilines is 1. The van der Waals surface area contributed by atoms with Crippen LogP contribution < -0.4 is 15.6 Å². The number of aromatic amines is 1. The predicted octanol–water partition coefficient (Wildman–Crippen LogP) is 3.87. The molecule has 0 aliphatic heterocycles. The fourth-order valence-corrected chi connectivity index (χ4v) is 4.16.